The zero-order chi connectivity index (χ0) is 23.2. The molecule has 2 aliphatic rings. The Bertz CT molecular complexity index is 1430. The Kier molecular flexibility index (Phi) is 5.35. The van der Waals surface area contributed by atoms with Gasteiger partial charge in [0, 0.05) is 35.7 Å². The van der Waals surface area contributed by atoms with Gasteiger partial charge >= 0.3 is 0 Å². The molecule has 0 spiro atoms. The molecule has 4 aromatic rings. The number of fused-ring (bicyclic) bond motifs is 1. The molecule has 2 aromatic heterocycles. The highest BCUT2D eigenvalue weighted by molar-refractivity contribution is 7.98. The van der Waals surface area contributed by atoms with Crippen molar-refractivity contribution in [2.45, 2.75) is 37.3 Å². The zero-order valence-corrected chi connectivity index (χ0v) is 20.1. The first-order valence-electron chi connectivity index (χ1n) is 11.7. The maximum atomic E-state index is 9.83. The van der Waals surface area contributed by atoms with E-state index in [1.807, 2.05) is 42.9 Å². The van der Waals surface area contributed by atoms with Crippen LogP contribution in [0.4, 0.5) is 0 Å². The second kappa shape index (κ2) is 8.53. The number of rotatable bonds is 6. The van der Waals surface area contributed by atoms with Gasteiger partial charge in [0.2, 0.25) is 0 Å². The fourth-order valence-corrected chi connectivity index (χ4v) is 5.05. The second-order valence-electron chi connectivity index (χ2n) is 9.07. The van der Waals surface area contributed by atoms with Crippen molar-refractivity contribution in [2.24, 2.45) is 10.9 Å². The minimum Gasteiger partial charge on any atom is -0.389 e. The smallest absolute Gasteiger partial charge is 0.170 e. The van der Waals surface area contributed by atoms with Gasteiger partial charge in [-0.15, -0.1) is 11.8 Å². The SMILES string of the molecule is CSc1nc(-c2ccc(C(C)O)cc2)cn2c(-c3ccc(C4=CN=C(C5CC5)C4)cc3)cnc12. The van der Waals surface area contributed by atoms with Gasteiger partial charge in [0.15, 0.2) is 5.65 Å². The average molecular weight is 467 g/mol. The highest BCUT2D eigenvalue weighted by Crippen LogP contribution is 2.38. The lowest BCUT2D eigenvalue weighted by molar-refractivity contribution is 0.199. The number of nitrogens with zero attached hydrogens (tertiary/aromatic N) is 4. The van der Waals surface area contributed by atoms with Crippen molar-refractivity contribution in [3.63, 3.8) is 0 Å². The topological polar surface area (TPSA) is 62.8 Å². The van der Waals surface area contributed by atoms with Crippen LogP contribution in [0.3, 0.4) is 0 Å². The van der Waals surface area contributed by atoms with E-state index >= 15 is 0 Å². The third kappa shape index (κ3) is 3.87. The van der Waals surface area contributed by atoms with Crippen LogP contribution in [0.1, 0.15) is 43.4 Å². The van der Waals surface area contributed by atoms with Crippen molar-refractivity contribution >= 4 is 28.7 Å². The second-order valence-corrected chi connectivity index (χ2v) is 9.87. The number of aliphatic hydroxyl groups excluding tert-OH is 1. The van der Waals surface area contributed by atoms with E-state index in [1.165, 1.54) is 29.7 Å². The first kappa shape index (κ1) is 21.3. The molecule has 3 heterocycles. The molecule has 0 saturated heterocycles. The van der Waals surface area contributed by atoms with E-state index < -0.39 is 6.10 Å². The van der Waals surface area contributed by atoms with E-state index in [-0.39, 0.29) is 0 Å². The number of benzene rings is 2. The molecule has 1 aliphatic heterocycles. The first-order valence-corrected chi connectivity index (χ1v) is 12.9. The largest absolute Gasteiger partial charge is 0.389 e. The lowest BCUT2D eigenvalue weighted by Crippen LogP contribution is -1.98. The monoisotopic (exact) mass is 466 g/mol. The molecule has 1 unspecified atom stereocenters. The van der Waals surface area contributed by atoms with Crippen molar-refractivity contribution in [1.29, 1.82) is 0 Å². The van der Waals surface area contributed by atoms with E-state index in [2.05, 4.69) is 39.9 Å². The number of aliphatic hydroxyl groups is 1. The highest BCUT2D eigenvalue weighted by Gasteiger charge is 2.29. The molecule has 1 saturated carbocycles. The number of hydrogen-bond acceptors (Lipinski definition) is 5. The number of hydrogen-bond donors (Lipinski definition) is 1. The van der Waals surface area contributed by atoms with Crippen LogP contribution in [0.25, 0.3) is 33.7 Å². The zero-order valence-electron chi connectivity index (χ0n) is 19.3. The Balaban J connectivity index is 1.34. The van der Waals surface area contributed by atoms with E-state index in [9.17, 15) is 5.11 Å². The molecule has 34 heavy (non-hydrogen) atoms. The maximum Gasteiger partial charge on any atom is 0.170 e. The molecule has 1 fully saturated rings. The molecule has 0 radical (unpaired) electrons. The summed E-state index contributed by atoms with van der Waals surface area (Å²) in [5, 5.41) is 10.7. The summed E-state index contributed by atoms with van der Waals surface area (Å²) < 4.78 is 2.13. The number of imidazole rings is 1. The normalized spacial score (nSPS) is 16.6. The van der Waals surface area contributed by atoms with Gasteiger partial charge in [-0.1, -0.05) is 48.5 Å². The summed E-state index contributed by atoms with van der Waals surface area (Å²) in [4.78, 5) is 14.2. The number of aliphatic imine (C=N–C) groups is 1. The predicted molar refractivity (Wildman–Crippen MR) is 139 cm³/mol. The molecule has 6 heteroatoms. The summed E-state index contributed by atoms with van der Waals surface area (Å²) in [6.07, 6.45) is 11.1. The van der Waals surface area contributed by atoms with Gasteiger partial charge in [0.25, 0.3) is 0 Å². The quantitative estimate of drug-likeness (QED) is 0.332. The van der Waals surface area contributed by atoms with Crippen LogP contribution in [0, 0.1) is 5.92 Å². The number of aromatic nitrogens is 3. The molecule has 1 atom stereocenters. The van der Waals surface area contributed by atoms with Gasteiger partial charge in [-0.25, -0.2) is 9.97 Å². The van der Waals surface area contributed by atoms with Gasteiger partial charge in [-0.3, -0.25) is 9.39 Å². The van der Waals surface area contributed by atoms with Gasteiger partial charge < -0.3 is 5.11 Å². The van der Waals surface area contributed by atoms with Crippen molar-refractivity contribution in [1.82, 2.24) is 14.4 Å². The Morgan fingerprint density at radius 3 is 2.38 bits per heavy atom. The lowest BCUT2D eigenvalue weighted by Gasteiger charge is -2.10. The van der Waals surface area contributed by atoms with E-state index in [4.69, 9.17) is 9.97 Å². The van der Waals surface area contributed by atoms with Crippen molar-refractivity contribution in [2.75, 3.05) is 6.26 Å². The fourth-order valence-electron chi connectivity index (χ4n) is 4.53. The Morgan fingerprint density at radius 1 is 1.00 bits per heavy atom. The van der Waals surface area contributed by atoms with Gasteiger partial charge in [-0.2, -0.15) is 0 Å². The van der Waals surface area contributed by atoms with Crippen LogP contribution in [0.5, 0.6) is 0 Å². The number of allylic oxidation sites excluding steroid dienone is 1. The molecule has 0 amide bonds. The van der Waals surface area contributed by atoms with E-state index in [0.29, 0.717) is 0 Å². The summed E-state index contributed by atoms with van der Waals surface area (Å²) in [6, 6.07) is 16.7. The Labute approximate surface area is 203 Å². The van der Waals surface area contributed by atoms with Gasteiger partial charge in [-0.05, 0) is 48.6 Å². The Hall–Kier alpha value is -3.22. The van der Waals surface area contributed by atoms with Crippen molar-refractivity contribution in [3.8, 4) is 22.5 Å². The molecule has 1 N–H and O–H groups in total. The molecule has 170 valence electrons. The fraction of sp³-hybridized carbons (Fsp3) is 0.250. The van der Waals surface area contributed by atoms with E-state index in [0.717, 1.165) is 51.1 Å². The molecular weight excluding hydrogens is 440 g/mol. The van der Waals surface area contributed by atoms with Crippen LogP contribution in [-0.4, -0.2) is 31.4 Å². The van der Waals surface area contributed by atoms with Crippen molar-refractivity contribution < 1.29 is 5.11 Å². The van der Waals surface area contributed by atoms with Crippen LogP contribution in [0.2, 0.25) is 0 Å². The summed E-state index contributed by atoms with van der Waals surface area (Å²) >= 11 is 1.60. The third-order valence-electron chi connectivity index (χ3n) is 6.70. The molecule has 1 aliphatic carbocycles. The van der Waals surface area contributed by atoms with Crippen LogP contribution >= 0.6 is 11.8 Å². The summed E-state index contributed by atoms with van der Waals surface area (Å²) in [6.45, 7) is 1.77. The predicted octanol–water partition coefficient (Wildman–Crippen LogP) is 6.43. The minimum atomic E-state index is -0.485. The van der Waals surface area contributed by atoms with Crippen molar-refractivity contribution in [3.05, 3.63) is 78.3 Å². The van der Waals surface area contributed by atoms with Crippen LogP contribution in [0.15, 0.2) is 77.1 Å². The van der Waals surface area contributed by atoms with E-state index in [1.54, 1.807) is 18.7 Å². The molecule has 0 bridgehead atoms. The average Bonchev–Trinajstić information content (AvgIpc) is 3.44. The molecule has 5 nitrogen and oxygen atoms in total. The first-order chi connectivity index (χ1) is 16.6. The maximum absolute atomic E-state index is 9.83. The van der Waals surface area contributed by atoms with Crippen LogP contribution in [-0.2, 0) is 0 Å². The Morgan fingerprint density at radius 2 is 1.71 bits per heavy atom. The third-order valence-corrected chi connectivity index (χ3v) is 7.36. The van der Waals surface area contributed by atoms with Gasteiger partial charge in [0.05, 0.1) is 23.7 Å². The summed E-state index contributed by atoms with van der Waals surface area (Å²) in [7, 11) is 0. The molecular formula is C28H26N4OS. The summed E-state index contributed by atoms with van der Waals surface area (Å²) in [5.41, 5.74) is 9.70. The van der Waals surface area contributed by atoms with Crippen LogP contribution < -0.4 is 0 Å². The molecule has 6 rings (SSSR count). The minimum absolute atomic E-state index is 0.485. The standard InChI is InChI=1S/C28H26N4OS/c1-17(33)18-3-7-21(8-4-18)25-16-32-26(15-30-27(32)28(31-25)34-2)22-11-5-19(6-12-22)23-13-24(29-14-23)20-9-10-20/h3-8,11-12,14-17,20,33H,9-10,13H2,1-2H3. The molecule has 2 aromatic carbocycles. The summed E-state index contributed by atoms with van der Waals surface area (Å²) in [5.74, 6) is 0.725. The number of thioether (sulfide) groups is 1. The lowest BCUT2D eigenvalue weighted by atomic mass is 9.99. The highest BCUT2D eigenvalue weighted by atomic mass is 32.2. The van der Waals surface area contributed by atoms with Gasteiger partial charge in [0.1, 0.15) is 5.03 Å².